The van der Waals surface area contributed by atoms with E-state index in [1.165, 1.54) is 6.42 Å². The number of benzene rings is 1. The summed E-state index contributed by atoms with van der Waals surface area (Å²) >= 11 is 3.52. The Morgan fingerprint density at radius 1 is 1.25 bits per heavy atom. The summed E-state index contributed by atoms with van der Waals surface area (Å²) in [7, 11) is 2.06. The molecule has 4 nitrogen and oxygen atoms in total. The molecule has 0 aliphatic heterocycles. The van der Waals surface area contributed by atoms with E-state index in [1.807, 2.05) is 30.3 Å². The van der Waals surface area contributed by atoms with Gasteiger partial charge in [0.05, 0.1) is 5.69 Å². The maximum absolute atomic E-state index is 4.32. The van der Waals surface area contributed by atoms with E-state index in [-0.39, 0.29) is 0 Å². The quantitative estimate of drug-likeness (QED) is 0.858. The number of unbranched alkanes of at least 4 members (excludes halogenated alkanes) is 1. The van der Waals surface area contributed by atoms with Crippen LogP contribution in [0.25, 0.3) is 0 Å². The van der Waals surface area contributed by atoms with Gasteiger partial charge >= 0.3 is 0 Å². The van der Waals surface area contributed by atoms with Gasteiger partial charge in [-0.25, -0.2) is 9.97 Å². The third-order valence-corrected chi connectivity index (χ3v) is 3.72. The van der Waals surface area contributed by atoms with E-state index >= 15 is 0 Å². The van der Waals surface area contributed by atoms with E-state index in [4.69, 9.17) is 0 Å². The Morgan fingerprint density at radius 2 is 2.05 bits per heavy atom. The minimum absolute atomic E-state index is 0.797. The number of nitrogens with zero attached hydrogens (tertiary/aromatic N) is 3. The molecular formula is C15H19BrN4. The van der Waals surface area contributed by atoms with Crippen molar-refractivity contribution in [3.05, 3.63) is 41.1 Å². The van der Waals surface area contributed by atoms with Gasteiger partial charge in [-0.3, -0.25) is 0 Å². The Bertz CT molecular complexity index is 559. The highest BCUT2D eigenvalue weighted by Crippen LogP contribution is 2.25. The monoisotopic (exact) mass is 334 g/mol. The molecule has 0 spiro atoms. The molecular weight excluding hydrogens is 316 g/mol. The smallest absolute Gasteiger partial charge is 0.135 e. The van der Waals surface area contributed by atoms with Crippen molar-refractivity contribution < 1.29 is 0 Å². The largest absolute Gasteiger partial charge is 0.360 e. The fraction of sp³-hybridized carbons (Fsp3) is 0.333. The lowest BCUT2D eigenvalue weighted by Gasteiger charge is -2.18. The van der Waals surface area contributed by atoms with Gasteiger partial charge < -0.3 is 10.2 Å². The van der Waals surface area contributed by atoms with Crippen LogP contribution in [0.1, 0.15) is 19.8 Å². The summed E-state index contributed by atoms with van der Waals surface area (Å²) in [5.41, 5.74) is 0.994. The summed E-state index contributed by atoms with van der Waals surface area (Å²) in [6.07, 6.45) is 3.93. The minimum Gasteiger partial charge on any atom is -0.360 e. The van der Waals surface area contributed by atoms with Gasteiger partial charge in [0.25, 0.3) is 0 Å². The number of anilines is 3. The van der Waals surface area contributed by atoms with Crippen LogP contribution in [0.4, 0.5) is 17.3 Å². The van der Waals surface area contributed by atoms with Crippen LogP contribution >= 0.6 is 15.9 Å². The van der Waals surface area contributed by atoms with Crippen molar-refractivity contribution >= 4 is 33.3 Å². The molecule has 1 heterocycles. The van der Waals surface area contributed by atoms with E-state index in [0.29, 0.717) is 0 Å². The number of aromatic nitrogens is 2. The molecule has 5 heteroatoms. The summed E-state index contributed by atoms with van der Waals surface area (Å²) in [6.45, 7) is 3.19. The third kappa shape index (κ3) is 3.93. The summed E-state index contributed by atoms with van der Waals surface area (Å²) in [5.74, 6) is 1.73. The molecule has 0 aliphatic rings. The van der Waals surface area contributed by atoms with Gasteiger partial charge in [-0.1, -0.05) is 25.5 Å². The first-order valence-electron chi connectivity index (χ1n) is 6.75. The molecule has 1 N–H and O–H groups in total. The Labute approximate surface area is 128 Å². The molecule has 0 atom stereocenters. The zero-order valence-electron chi connectivity index (χ0n) is 11.8. The highest BCUT2D eigenvalue weighted by Gasteiger charge is 2.05. The minimum atomic E-state index is 0.797. The molecule has 2 rings (SSSR count). The maximum atomic E-state index is 4.32. The number of hydrogen-bond donors (Lipinski definition) is 1. The van der Waals surface area contributed by atoms with Crippen molar-refractivity contribution in [1.82, 2.24) is 9.97 Å². The van der Waals surface area contributed by atoms with Crippen molar-refractivity contribution in [2.24, 2.45) is 0 Å². The van der Waals surface area contributed by atoms with Crippen LogP contribution in [0.2, 0.25) is 0 Å². The molecule has 106 valence electrons. The van der Waals surface area contributed by atoms with E-state index in [0.717, 1.165) is 34.8 Å². The summed E-state index contributed by atoms with van der Waals surface area (Å²) in [4.78, 5) is 10.7. The van der Waals surface area contributed by atoms with Crippen LogP contribution in [0.5, 0.6) is 0 Å². The second-order valence-electron chi connectivity index (χ2n) is 4.64. The van der Waals surface area contributed by atoms with Crippen LogP contribution < -0.4 is 10.2 Å². The molecule has 0 radical (unpaired) electrons. The second kappa shape index (κ2) is 7.24. The Hall–Kier alpha value is -1.62. The summed E-state index contributed by atoms with van der Waals surface area (Å²) in [5, 5.41) is 3.30. The lowest BCUT2D eigenvalue weighted by molar-refractivity contribution is 0.758. The van der Waals surface area contributed by atoms with Crippen molar-refractivity contribution in [2.45, 2.75) is 19.8 Å². The number of rotatable bonds is 6. The highest BCUT2D eigenvalue weighted by molar-refractivity contribution is 9.10. The molecule has 0 unspecified atom stereocenters. The molecule has 20 heavy (non-hydrogen) atoms. The lowest BCUT2D eigenvalue weighted by Crippen LogP contribution is -2.19. The number of halogens is 1. The Morgan fingerprint density at radius 3 is 2.80 bits per heavy atom. The van der Waals surface area contributed by atoms with Crippen LogP contribution in [-0.2, 0) is 0 Å². The van der Waals surface area contributed by atoms with Gasteiger partial charge in [-0.05, 0) is 34.5 Å². The average molecular weight is 335 g/mol. The van der Waals surface area contributed by atoms with Gasteiger partial charge in [0.2, 0.25) is 0 Å². The molecule has 0 fully saturated rings. The fourth-order valence-corrected chi connectivity index (χ4v) is 2.22. The van der Waals surface area contributed by atoms with E-state index in [2.05, 4.69) is 50.1 Å². The zero-order chi connectivity index (χ0) is 14.4. The van der Waals surface area contributed by atoms with Crippen molar-refractivity contribution in [2.75, 3.05) is 23.8 Å². The number of para-hydroxylation sites is 1. The van der Waals surface area contributed by atoms with Crippen molar-refractivity contribution in [1.29, 1.82) is 0 Å². The predicted octanol–water partition coefficient (Wildman–Crippen LogP) is 4.22. The van der Waals surface area contributed by atoms with Crippen LogP contribution in [0.3, 0.4) is 0 Å². The van der Waals surface area contributed by atoms with Gasteiger partial charge in [0, 0.05) is 24.1 Å². The van der Waals surface area contributed by atoms with Crippen LogP contribution in [-0.4, -0.2) is 23.6 Å². The molecule has 0 saturated heterocycles. The summed E-state index contributed by atoms with van der Waals surface area (Å²) in [6, 6.07) is 9.95. The second-order valence-corrected chi connectivity index (χ2v) is 5.50. The molecule has 0 amide bonds. The summed E-state index contributed by atoms with van der Waals surface area (Å²) < 4.78 is 1.01. The topological polar surface area (TPSA) is 41.0 Å². The van der Waals surface area contributed by atoms with Gasteiger partial charge in [0.1, 0.15) is 18.0 Å². The zero-order valence-corrected chi connectivity index (χ0v) is 13.4. The Kier molecular flexibility index (Phi) is 5.35. The number of hydrogen-bond acceptors (Lipinski definition) is 4. The van der Waals surface area contributed by atoms with E-state index in [9.17, 15) is 0 Å². The normalized spacial score (nSPS) is 10.3. The first-order valence-corrected chi connectivity index (χ1v) is 7.54. The van der Waals surface area contributed by atoms with Gasteiger partial charge in [0.15, 0.2) is 0 Å². The number of nitrogens with one attached hydrogen (secondary N) is 1. The highest BCUT2D eigenvalue weighted by atomic mass is 79.9. The lowest BCUT2D eigenvalue weighted by atomic mass is 10.3. The molecule has 0 saturated carbocycles. The van der Waals surface area contributed by atoms with Crippen molar-refractivity contribution in [3.8, 4) is 0 Å². The standard InChI is InChI=1S/C15H19BrN4/c1-3-4-9-20(2)15-10-14(17-11-18-15)19-13-8-6-5-7-12(13)16/h5-8,10-11H,3-4,9H2,1-2H3,(H,17,18,19). The predicted molar refractivity (Wildman–Crippen MR) is 87.6 cm³/mol. The van der Waals surface area contributed by atoms with Gasteiger partial charge in [-0.2, -0.15) is 0 Å². The maximum Gasteiger partial charge on any atom is 0.135 e. The van der Waals surface area contributed by atoms with Crippen molar-refractivity contribution in [3.63, 3.8) is 0 Å². The third-order valence-electron chi connectivity index (χ3n) is 3.03. The molecule has 1 aromatic heterocycles. The SMILES string of the molecule is CCCCN(C)c1cc(Nc2ccccc2Br)ncn1. The first-order chi connectivity index (χ1) is 9.70. The molecule has 0 bridgehead atoms. The van der Waals surface area contributed by atoms with E-state index in [1.54, 1.807) is 6.33 Å². The van der Waals surface area contributed by atoms with E-state index < -0.39 is 0 Å². The van der Waals surface area contributed by atoms with Gasteiger partial charge in [-0.15, -0.1) is 0 Å². The Balaban J connectivity index is 2.12. The molecule has 0 aliphatic carbocycles. The average Bonchev–Trinajstić information content (AvgIpc) is 2.47. The first kappa shape index (κ1) is 14.8. The fourth-order valence-electron chi connectivity index (χ4n) is 1.83. The van der Waals surface area contributed by atoms with Crippen LogP contribution in [0, 0.1) is 0 Å². The molecule has 1 aromatic carbocycles. The van der Waals surface area contributed by atoms with Crippen LogP contribution in [0.15, 0.2) is 41.1 Å². The molecule has 2 aromatic rings.